The van der Waals surface area contributed by atoms with Crippen molar-refractivity contribution in [1.29, 1.82) is 0 Å². The third-order valence-corrected chi connectivity index (χ3v) is 6.15. The Kier molecular flexibility index (Phi) is 4.19. The fourth-order valence-corrected chi connectivity index (χ4v) is 4.37. The number of nitrogens with zero attached hydrogens (tertiary/aromatic N) is 1. The van der Waals surface area contributed by atoms with Gasteiger partial charge in [-0.3, -0.25) is 9.59 Å². The zero-order valence-corrected chi connectivity index (χ0v) is 15.8. The Bertz CT molecular complexity index is 977. The number of likely N-dealkylation sites (tertiary alicyclic amines) is 1. The highest BCUT2D eigenvalue weighted by Crippen LogP contribution is 2.58. The Morgan fingerprint density at radius 3 is 2.76 bits per heavy atom. The van der Waals surface area contributed by atoms with E-state index in [1.54, 1.807) is 30.3 Å². The van der Waals surface area contributed by atoms with Crippen molar-refractivity contribution in [2.45, 2.75) is 19.3 Å². The summed E-state index contributed by atoms with van der Waals surface area (Å²) >= 11 is 0. The average molecular weight is 396 g/mol. The molecule has 2 atom stereocenters. The largest absolute Gasteiger partial charge is 0.454 e. The van der Waals surface area contributed by atoms with Crippen LogP contribution in [0.25, 0.3) is 0 Å². The fraction of sp³-hybridized carbons (Fsp3) is 0.364. The third kappa shape index (κ3) is 3.41. The van der Waals surface area contributed by atoms with Gasteiger partial charge >= 0.3 is 0 Å². The number of nitrogens with one attached hydrogen (secondary N) is 1. The summed E-state index contributed by atoms with van der Waals surface area (Å²) in [7, 11) is 0. The lowest BCUT2D eigenvalue weighted by molar-refractivity contribution is -0.129. The molecule has 2 amide bonds. The first kappa shape index (κ1) is 18.0. The van der Waals surface area contributed by atoms with Crippen LogP contribution in [0.15, 0.2) is 42.5 Å². The van der Waals surface area contributed by atoms with Crippen LogP contribution >= 0.6 is 0 Å². The second kappa shape index (κ2) is 6.76. The number of fused-ring (bicyclic) bond motifs is 1. The minimum absolute atomic E-state index is 0.0169. The van der Waals surface area contributed by atoms with E-state index >= 15 is 0 Å². The van der Waals surface area contributed by atoms with Crippen molar-refractivity contribution in [3.63, 3.8) is 0 Å². The number of hydrogen-bond acceptors (Lipinski definition) is 4. The number of carbonyl (C=O) groups is 2. The lowest BCUT2D eigenvalue weighted by Gasteiger charge is -2.17. The van der Waals surface area contributed by atoms with Crippen molar-refractivity contribution in [3.05, 3.63) is 53.8 Å². The second-order valence-corrected chi connectivity index (χ2v) is 8.04. The van der Waals surface area contributed by atoms with E-state index in [-0.39, 0.29) is 42.2 Å². The minimum Gasteiger partial charge on any atom is -0.454 e. The molecule has 2 heterocycles. The zero-order chi connectivity index (χ0) is 20.0. The van der Waals surface area contributed by atoms with Crippen molar-refractivity contribution < 1.29 is 23.5 Å². The number of amides is 2. The third-order valence-electron chi connectivity index (χ3n) is 6.15. The molecular weight excluding hydrogens is 375 g/mol. The molecule has 29 heavy (non-hydrogen) atoms. The van der Waals surface area contributed by atoms with Gasteiger partial charge in [0.15, 0.2) is 11.5 Å². The molecule has 1 N–H and O–H groups in total. The van der Waals surface area contributed by atoms with Gasteiger partial charge < -0.3 is 19.7 Å². The van der Waals surface area contributed by atoms with Crippen LogP contribution in [0.4, 0.5) is 10.1 Å². The van der Waals surface area contributed by atoms with Crippen LogP contribution < -0.4 is 14.8 Å². The van der Waals surface area contributed by atoms with E-state index in [1.165, 1.54) is 12.1 Å². The second-order valence-electron chi connectivity index (χ2n) is 8.04. The molecule has 1 aliphatic carbocycles. The van der Waals surface area contributed by atoms with Crippen LogP contribution in [0.5, 0.6) is 11.5 Å². The van der Waals surface area contributed by atoms with Crippen LogP contribution in [0.3, 0.4) is 0 Å². The van der Waals surface area contributed by atoms with Crippen LogP contribution in [0.1, 0.15) is 18.4 Å². The summed E-state index contributed by atoms with van der Waals surface area (Å²) in [5.41, 5.74) is 1.37. The summed E-state index contributed by atoms with van der Waals surface area (Å²) in [6.07, 6.45) is 1.88. The Hall–Kier alpha value is -3.09. The first-order valence-electron chi connectivity index (χ1n) is 9.75. The molecule has 1 spiro atoms. The minimum atomic E-state index is -0.310. The van der Waals surface area contributed by atoms with E-state index in [4.69, 9.17) is 9.47 Å². The Morgan fingerprint density at radius 2 is 1.93 bits per heavy atom. The molecule has 2 aromatic carbocycles. The number of anilines is 1. The highest BCUT2D eigenvalue weighted by Gasteiger charge is 2.61. The van der Waals surface area contributed by atoms with Gasteiger partial charge in [-0.1, -0.05) is 12.1 Å². The summed E-state index contributed by atoms with van der Waals surface area (Å²) in [6, 6.07) is 11.4. The van der Waals surface area contributed by atoms with Crippen LogP contribution in [0, 0.1) is 17.2 Å². The SMILES string of the molecule is O=C(Nc1ccc2c(c1)OCO2)C1CC12CCN(C(=O)Cc1ccc(F)cc1)C2. The molecule has 0 radical (unpaired) electrons. The van der Waals surface area contributed by atoms with Gasteiger partial charge in [-0.2, -0.15) is 0 Å². The highest BCUT2D eigenvalue weighted by atomic mass is 19.1. The van der Waals surface area contributed by atoms with Gasteiger partial charge in [-0.25, -0.2) is 4.39 Å². The molecule has 7 heteroatoms. The van der Waals surface area contributed by atoms with Crippen molar-refractivity contribution in [2.24, 2.45) is 11.3 Å². The average Bonchev–Trinajstić information content (AvgIpc) is 3.02. The quantitative estimate of drug-likeness (QED) is 0.863. The standard InChI is InChI=1S/C22H21FN2O4/c23-15-3-1-14(2-4-15)9-20(26)25-8-7-22(12-25)11-17(22)21(27)24-16-5-6-18-19(10-16)29-13-28-18/h1-6,10,17H,7-9,11-13H2,(H,24,27). The normalized spacial score (nSPS) is 24.0. The number of halogens is 1. The highest BCUT2D eigenvalue weighted by molar-refractivity contribution is 5.95. The summed E-state index contributed by atoms with van der Waals surface area (Å²) < 4.78 is 23.7. The summed E-state index contributed by atoms with van der Waals surface area (Å²) in [6.45, 7) is 1.46. The van der Waals surface area contributed by atoms with E-state index in [0.717, 1.165) is 18.4 Å². The predicted octanol–water partition coefficient (Wildman–Crippen LogP) is 2.97. The van der Waals surface area contributed by atoms with E-state index in [9.17, 15) is 14.0 Å². The molecule has 6 nitrogen and oxygen atoms in total. The monoisotopic (exact) mass is 396 g/mol. The molecule has 2 fully saturated rings. The molecule has 0 bridgehead atoms. The maximum Gasteiger partial charge on any atom is 0.231 e. The molecule has 3 aliphatic rings. The number of ether oxygens (including phenoxy) is 2. The zero-order valence-electron chi connectivity index (χ0n) is 15.8. The van der Waals surface area contributed by atoms with Gasteiger partial charge in [0.2, 0.25) is 18.6 Å². The van der Waals surface area contributed by atoms with Gasteiger partial charge in [-0.05, 0) is 42.7 Å². The van der Waals surface area contributed by atoms with Crippen molar-refractivity contribution in [3.8, 4) is 11.5 Å². The van der Waals surface area contributed by atoms with Crippen molar-refractivity contribution in [2.75, 3.05) is 25.2 Å². The predicted molar refractivity (Wildman–Crippen MR) is 103 cm³/mol. The van der Waals surface area contributed by atoms with E-state index < -0.39 is 0 Å². The molecular formula is C22H21FN2O4. The van der Waals surface area contributed by atoms with E-state index in [2.05, 4.69) is 5.32 Å². The van der Waals surface area contributed by atoms with Gasteiger partial charge in [0, 0.05) is 36.2 Å². The lowest BCUT2D eigenvalue weighted by atomic mass is 10.0. The van der Waals surface area contributed by atoms with Crippen molar-refractivity contribution >= 4 is 17.5 Å². The van der Waals surface area contributed by atoms with Crippen LogP contribution in [-0.2, 0) is 16.0 Å². The van der Waals surface area contributed by atoms with E-state index in [1.807, 2.05) is 4.90 Å². The van der Waals surface area contributed by atoms with Gasteiger partial charge in [0.05, 0.1) is 6.42 Å². The van der Waals surface area contributed by atoms with Crippen LogP contribution in [-0.4, -0.2) is 36.6 Å². The summed E-state index contributed by atoms with van der Waals surface area (Å²) in [5.74, 6) is 0.919. The molecule has 2 aromatic rings. The molecule has 5 rings (SSSR count). The Labute approximate surface area is 167 Å². The molecule has 1 saturated carbocycles. The van der Waals surface area contributed by atoms with Gasteiger partial charge in [-0.15, -0.1) is 0 Å². The van der Waals surface area contributed by atoms with Crippen molar-refractivity contribution in [1.82, 2.24) is 4.90 Å². The first-order chi connectivity index (χ1) is 14.0. The van der Waals surface area contributed by atoms with Crippen LogP contribution in [0.2, 0.25) is 0 Å². The molecule has 2 unspecified atom stereocenters. The molecule has 1 saturated heterocycles. The Morgan fingerprint density at radius 1 is 1.14 bits per heavy atom. The molecule has 2 aliphatic heterocycles. The summed E-state index contributed by atoms with van der Waals surface area (Å²) in [4.78, 5) is 27.1. The lowest BCUT2D eigenvalue weighted by Crippen LogP contribution is -2.31. The smallest absolute Gasteiger partial charge is 0.231 e. The number of rotatable bonds is 4. The maximum atomic E-state index is 13.0. The Balaban J connectivity index is 1.18. The van der Waals surface area contributed by atoms with Gasteiger partial charge in [0.1, 0.15) is 5.82 Å². The molecule has 0 aromatic heterocycles. The number of benzene rings is 2. The topological polar surface area (TPSA) is 67.9 Å². The maximum absolute atomic E-state index is 13.0. The van der Waals surface area contributed by atoms with Gasteiger partial charge in [0.25, 0.3) is 0 Å². The number of hydrogen-bond donors (Lipinski definition) is 1. The first-order valence-corrected chi connectivity index (χ1v) is 9.75. The molecule has 150 valence electrons. The number of carbonyl (C=O) groups excluding carboxylic acids is 2. The fourth-order valence-electron chi connectivity index (χ4n) is 4.37. The van der Waals surface area contributed by atoms with E-state index in [0.29, 0.717) is 30.3 Å². The summed E-state index contributed by atoms with van der Waals surface area (Å²) in [5, 5.41) is 2.96.